The van der Waals surface area contributed by atoms with Crippen LogP contribution in [-0.4, -0.2) is 87.1 Å². The number of aliphatic imine (C=N–C) groups is 2. The topological polar surface area (TPSA) is 111 Å². The fraction of sp³-hybridized carbons (Fsp3) is 0.565. The molecule has 2 fully saturated rings. The number of carbonyl (C=O) groups excluding carboxylic acids is 1. The van der Waals surface area contributed by atoms with Crippen molar-refractivity contribution in [2.45, 2.75) is 38.5 Å². The molecule has 10 heteroatoms. The molecule has 0 bridgehead atoms. The van der Waals surface area contributed by atoms with Crippen LogP contribution in [0.1, 0.15) is 50.2 Å². The number of nitrogens with zero attached hydrogens (tertiary/aromatic N) is 7. The van der Waals surface area contributed by atoms with Gasteiger partial charge in [0.1, 0.15) is 17.5 Å². The van der Waals surface area contributed by atoms with Crippen LogP contribution in [0.4, 0.5) is 0 Å². The highest BCUT2D eigenvalue weighted by molar-refractivity contribution is 5.93. The predicted molar refractivity (Wildman–Crippen MR) is 128 cm³/mol. The first kappa shape index (κ1) is 23.0. The summed E-state index contributed by atoms with van der Waals surface area (Å²) in [6.07, 6.45) is 6.53. The normalized spacial score (nSPS) is 23.1. The Morgan fingerprint density at radius 2 is 2.09 bits per heavy atom. The molecule has 4 heterocycles. The number of aromatic nitrogens is 4. The largest absolute Gasteiger partial charge is 0.343 e. The molecule has 2 saturated heterocycles. The zero-order valence-corrected chi connectivity index (χ0v) is 19.6. The summed E-state index contributed by atoms with van der Waals surface area (Å²) in [6, 6.07) is 0. The number of carbonyl (C=O) groups is 1. The van der Waals surface area contributed by atoms with Crippen molar-refractivity contribution in [1.29, 1.82) is 0 Å². The molecule has 0 aliphatic carbocycles. The number of fused-ring (bicyclic) bond motifs is 1. The lowest BCUT2D eigenvalue weighted by Gasteiger charge is -2.30. The first-order valence-electron chi connectivity index (χ1n) is 11.5. The third kappa shape index (κ3) is 4.80. The molecule has 2 aliphatic rings. The number of amidine groups is 1. The number of nitrogens with one attached hydrogen (secondary N) is 1. The Hall–Kier alpha value is -3.14. The Balaban J connectivity index is 1.56. The zero-order chi connectivity index (χ0) is 23.5. The third-order valence-corrected chi connectivity index (χ3v) is 6.74. The first-order valence-corrected chi connectivity index (χ1v) is 11.5. The van der Waals surface area contributed by atoms with Crippen molar-refractivity contribution in [1.82, 2.24) is 29.4 Å². The highest BCUT2D eigenvalue weighted by atomic mass is 16.2. The second-order valence-corrected chi connectivity index (χ2v) is 8.96. The minimum absolute atomic E-state index is 0.0957. The molecule has 0 saturated carbocycles. The Bertz CT molecular complexity index is 1140. The summed E-state index contributed by atoms with van der Waals surface area (Å²) in [4.78, 5) is 44.8. The Kier molecular flexibility index (Phi) is 6.83. The van der Waals surface area contributed by atoms with Gasteiger partial charge < -0.3 is 9.88 Å². The summed E-state index contributed by atoms with van der Waals surface area (Å²) < 4.78 is 1.73. The molecule has 2 aromatic heterocycles. The van der Waals surface area contributed by atoms with E-state index in [1.54, 1.807) is 37.0 Å². The molecular weight excluding hydrogens is 420 g/mol. The van der Waals surface area contributed by atoms with E-state index >= 15 is 0 Å². The number of H-pyrrole nitrogens is 1. The average molecular weight is 453 g/mol. The van der Waals surface area contributed by atoms with Crippen molar-refractivity contribution in [2.24, 2.45) is 15.9 Å². The van der Waals surface area contributed by atoms with Crippen molar-refractivity contribution in [3.63, 3.8) is 0 Å². The second kappa shape index (κ2) is 9.78. The molecule has 0 radical (unpaired) electrons. The molecule has 2 unspecified atom stereocenters. The number of hydrogen-bond acceptors (Lipinski definition) is 6. The van der Waals surface area contributed by atoms with Crippen LogP contribution >= 0.6 is 0 Å². The van der Waals surface area contributed by atoms with Gasteiger partial charge in [-0.1, -0.05) is 19.6 Å². The summed E-state index contributed by atoms with van der Waals surface area (Å²) in [7, 11) is 1.74. The van der Waals surface area contributed by atoms with E-state index in [9.17, 15) is 9.59 Å². The van der Waals surface area contributed by atoms with Crippen molar-refractivity contribution < 1.29 is 4.79 Å². The summed E-state index contributed by atoms with van der Waals surface area (Å²) >= 11 is 0. The van der Waals surface area contributed by atoms with Gasteiger partial charge in [0.25, 0.3) is 5.56 Å². The van der Waals surface area contributed by atoms with Crippen molar-refractivity contribution >= 4 is 23.5 Å². The van der Waals surface area contributed by atoms with E-state index in [0.29, 0.717) is 36.9 Å². The average Bonchev–Trinajstić information content (AvgIpc) is 3.40. The van der Waals surface area contributed by atoms with Crippen molar-refractivity contribution in [3.05, 3.63) is 40.9 Å². The van der Waals surface area contributed by atoms with Crippen LogP contribution in [-0.2, 0) is 4.79 Å². The van der Waals surface area contributed by atoms with Crippen LogP contribution in [0.3, 0.4) is 0 Å². The Morgan fingerprint density at radius 3 is 2.76 bits per heavy atom. The van der Waals surface area contributed by atoms with E-state index in [1.807, 2.05) is 4.90 Å². The molecule has 1 amide bonds. The molecule has 0 aromatic carbocycles. The van der Waals surface area contributed by atoms with Crippen LogP contribution in [0.5, 0.6) is 0 Å². The fourth-order valence-electron chi connectivity index (χ4n) is 4.89. The van der Waals surface area contributed by atoms with E-state index in [1.165, 1.54) is 0 Å². The van der Waals surface area contributed by atoms with Gasteiger partial charge in [-0.25, -0.2) is 14.5 Å². The smallest absolute Gasteiger partial charge is 0.276 e. The lowest BCUT2D eigenvalue weighted by Crippen LogP contribution is -2.36. The van der Waals surface area contributed by atoms with E-state index in [-0.39, 0.29) is 23.3 Å². The van der Waals surface area contributed by atoms with Crippen LogP contribution in [0.15, 0.2) is 33.6 Å². The molecule has 2 aliphatic heterocycles. The standard InChI is InChI=1S/C23H32N8O2/c1-5-8-25-20(24-4)14-29-12-15(2)18(13-29)21-27-23(33)19-11-26-22(31(19)28-21)17-6-9-30(10-7-17)16(3)32/h5,8,11,15,17-18H,1,6-7,9-10,12-14H2,2-4H3,(H,27,28,33). The van der Waals surface area contributed by atoms with E-state index < -0.39 is 0 Å². The molecule has 176 valence electrons. The number of amides is 1. The van der Waals surface area contributed by atoms with E-state index in [4.69, 9.17) is 5.10 Å². The predicted octanol–water partition coefficient (Wildman–Crippen LogP) is 1.46. The zero-order valence-electron chi connectivity index (χ0n) is 19.6. The Morgan fingerprint density at radius 1 is 1.33 bits per heavy atom. The molecule has 1 N–H and O–H groups in total. The summed E-state index contributed by atoms with van der Waals surface area (Å²) in [5.41, 5.74) is 0.293. The maximum atomic E-state index is 12.9. The molecule has 2 atom stereocenters. The monoisotopic (exact) mass is 452 g/mol. The Labute approximate surface area is 193 Å². The van der Waals surface area contributed by atoms with Gasteiger partial charge in [-0.05, 0) is 18.8 Å². The van der Waals surface area contributed by atoms with Gasteiger partial charge in [-0.3, -0.25) is 19.5 Å². The second-order valence-electron chi connectivity index (χ2n) is 8.96. The molecule has 4 rings (SSSR count). The number of allylic oxidation sites excluding steroid dienone is 1. The van der Waals surface area contributed by atoms with Gasteiger partial charge in [0.15, 0.2) is 5.52 Å². The highest BCUT2D eigenvalue weighted by Gasteiger charge is 2.34. The number of imidazole rings is 1. The number of likely N-dealkylation sites (tertiary alicyclic amines) is 2. The molecule has 0 spiro atoms. The molecule has 2 aromatic rings. The van der Waals surface area contributed by atoms with E-state index in [0.717, 1.165) is 37.6 Å². The van der Waals surface area contributed by atoms with Crippen molar-refractivity contribution in [3.8, 4) is 0 Å². The number of hydrogen-bond donors (Lipinski definition) is 1. The summed E-state index contributed by atoms with van der Waals surface area (Å²) in [5.74, 6) is 2.93. The summed E-state index contributed by atoms with van der Waals surface area (Å²) in [6.45, 7) is 11.1. The number of aromatic amines is 1. The first-order chi connectivity index (χ1) is 15.9. The van der Waals surface area contributed by atoms with Gasteiger partial charge in [0.05, 0.1) is 12.7 Å². The fourth-order valence-corrected chi connectivity index (χ4v) is 4.89. The van der Waals surface area contributed by atoms with Crippen LogP contribution in [0.25, 0.3) is 5.52 Å². The van der Waals surface area contributed by atoms with Crippen LogP contribution in [0, 0.1) is 5.92 Å². The van der Waals surface area contributed by atoms with Crippen LogP contribution in [0.2, 0.25) is 0 Å². The minimum Gasteiger partial charge on any atom is -0.343 e. The quantitative estimate of drug-likeness (QED) is 0.545. The lowest BCUT2D eigenvalue weighted by atomic mass is 9.96. The maximum absolute atomic E-state index is 12.9. The third-order valence-electron chi connectivity index (χ3n) is 6.74. The lowest BCUT2D eigenvalue weighted by molar-refractivity contribution is -0.129. The molecular formula is C23H32N8O2. The van der Waals surface area contributed by atoms with Crippen molar-refractivity contribution in [2.75, 3.05) is 39.8 Å². The van der Waals surface area contributed by atoms with Gasteiger partial charge in [-0.15, -0.1) is 0 Å². The number of piperidine rings is 1. The number of rotatable bonds is 5. The van der Waals surface area contributed by atoms with Gasteiger partial charge in [0, 0.05) is 58.2 Å². The summed E-state index contributed by atoms with van der Waals surface area (Å²) in [5, 5.41) is 4.86. The van der Waals surface area contributed by atoms with E-state index in [2.05, 4.69) is 38.4 Å². The van der Waals surface area contributed by atoms with Gasteiger partial charge >= 0.3 is 0 Å². The van der Waals surface area contributed by atoms with Gasteiger partial charge in [-0.2, -0.15) is 5.10 Å². The minimum atomic E-state index is -0.169. The van der Waals surface area contributed by atoms with Crippen LogP contribution < -0.4 is 5.56 Å². The maximum Gasteiger partial charge on any atom is 0.276 e. The SMILES string of the molecule is C=CC=NC(CN1CC(C)C(c2nn3c(C4CCN(C(C)=O)CC4)ncc3c(=O)[nH]2)C1)=NC. The molecule has 10 nitrogen and oxygen atoms in total. The van der Waals surface area contributed by atoms with Gasteiger partial charge in [0.2, 0.25) is 5.91 Å². The highest BCUT2D eigenvalue weighted by Crippen LogP contribution is 2.31. The molecule has 33 heavy (non-hydrogen) atoms.